The van der Waals surface area contributed by atoms with Crippen LogP contribution in [0.2, 0.25) is 0 Å². The van der Waals surface area contributed by atoms with Crippen LogP contribution in [0.1, 0.15) is 24.1 Å². The Balaban J connectivity index is 1.57. The van der Waals surface area contributed by atoms with E-state index in [0.717, 1.165) is 30.4 Å². The topological polar surface area (TPSA) is 48.5 Å². The summed E-state index contributed by atoms with van der Waals surface area (Å²) in [5.41, 5.74) is 2.50. The zero-order valence-corrected chi connectivity index (χ0v) is 14.9. The molecule has 0 radical (unpaired) electrons. The zero-order valence-electron chi connectivity index (χ0n) is 14.9. The van der Waals surface area contributed by atoms with E-state index >= 15 is 0 Å². The number of aryl methyl sites for hydroxylation is 1. The van der Waals surface area contributed by atoms with E-state index < -0.39 is 17.7 Å². The smallest absolute Gasteiger partial charge is 0.317 e. The van der Waals surface area contributed by atoms with Crippen LogP contribution in [0.3, 0.4) is 0 Å². The van der Waals surface area contributed by atoms with Crippen molar-refractivity contribution < 1.29 is 13.6 Å². The molecule has 138 valence electrons. The lowest BCUT2D eigenvalue weighted by atomic mass is 10.1. The number of rotatable bonds is 3. The SMILES string of the molecule is Cc1cnccc1N1CCN(C(=O)NC(C)c2ccc(F)cc2F)CC1. The van der Waals surface area contributed by atoms with Crippen molar-refractivity contribution in [2.75, 3.05) is 31.1 Å². The molecule has 7 heteroatoms. The minimum absolute atomic E-state index is 0.243. The molecule has 3 rings (SSSR count). The van der Waals surface area contributed by atoms with Crippen LogP contribution in [0.15, 0.2) is 36.7 Å². The molecule has 2 amide bonds. The van der Waals surface area contributed by atoms with Crippen molar-refractivity contribution in [3.63, 3.8) is 0 Å². The van der Waals surface area contributed by atoms with E-state index in [1.807, 2.05) is 19.2 Å². The number of carbonyl (C=O) groups is 1. The number of aromatic nitrogens is 1. The number of urea groups is 1. The Hall–Kier alpha value is -2.70. The van der Waals surface area contributed by atoms with Gasteiger partial charge in [0, 0.05) is 55.9 Å². The van der Waals surface area contributed by atoms with Crippen molar-refractivity contribution in [2.45, 2.75) is 19.9 Å². The third-order valence-corrected chi connectivity index (χ3v) is 4.67. The summed E-state index contributed by atoms with van der Waals surface area (Å²) in [7, 11) is 0. The van der Waals surface area contributed by atoms with E-state index in [1.165, 1.54) is 12.1 Å². The number of nitrogens with one attached hydrogen (secondary N) is 1. The third-order valence-electron chi connectivity index (χ3n) is 4.67. The molecule has 1 aromatic carbocycles. The van der Waals surface area contributed by atoms with Gasteiger partial charge in [0.1, 0.15) is 11.6 Å². The summed E-state index contributed by atoms with van der Waals surface area (Å²) >= 11 is 0. The van der Waals surface area contributed by atoms with Gasteiger partial charge in [-0.1, -0.05) is 6.07 Å². The Morgan fingerprint density at radius 3 is 2.58 bits per heavy atom. The van der Waals surface area contributed by atoms with Crippen LogP contribution < -0.4 is 10.2 Å². The van der Waals surface area contributed by atoms with Crippen molar-refractivity contribution in [1.82, 2.24) is 15.2 Å². The van der Waals surface area contributed by atoms with Gasteiger partial charge in [-0.05, 0) is 31.5 Å². The van der Waals surface area contributed by atoms with Gasteiger partial charge in [0.25, 0.3) is 0 Å². The molecule has 0 aliphatic carbocycles. The Kier molecular flexibility index (Phi) is 5.35. The molecular formula is C19H22F2N4O. The fourth-order valence-corrected chi connectivity index (χ4v) is 3.18. The predicted octanol–water partition coefficient (Wildman–Crippen LogP) is 3.26. The highest BCUT2D eigenvalue weighted by Gasteiger charge is 2.24. The lowest BCUT2D eigenvalue weighted by Crippen LogP contribution is -2.52. The van der Waals surface area contributed by atoms with Crippen molar-refractivity contribution in [2.24, 2.45) is 0 Å². The van der Waals surface area contributed by atoms with Gasteiger partial charge in [-0.15, -0.1) is 0 Å². The predicted molar refractivity (Wildman–Crippen MR) is 96.1 cm³/mol. The molecule has 1 fully saturated rings. The Labute approximate surface area is 151 Å². The molecule has 5 nitrogen and oxygen atoms in total. The number of hydrogen-bond donors (Lipinski definition) is 1. The number of amides is 2. The van der Waals surface area contributed by atoms with Gasteiger partial charge >= 0.3 is 6.03 Å². The highest BCUT2D eigenvalue weighted by atomic mass is 19.1. The van der Waals surface area contributed by atoms with Crippen LogP contribution in [-0.4, -0.2) is 42.1 Å². The molecule has 2 heterocycles. The molecule has 26 heavy (non-hydrogen) atoms. The summed E-state index contributed by atoms with van der Waals surface area (Å²) in [6.07, 6.45) is 3.59. The summed E-state index contributed by atoms with van der Waals surface area (Å²) in [6.45, 7) is 6.29. The van der Waals surface area contributed by atoms with E-state index in [1.54, 1.807) is 18.0 Å². The van der Waals surface area contributed by atoms with Crippen LogP contribution in [0.25, 0.3) is 0 Å². The van der Waals surface area contributed by atoms with E-state index in [0.29, 0.717) is 13.1 Å². The average Bonchev–Trinajstić information content (AvgIpc) is 2.62. The summed E-state index contributed by atoms with van der Waals surface area (Å²) < 4.78 is 26.9. The Bertz CT molecular complexity index is 791. The van der Waals surface area contributed by atoms with E-state index in [-0.39, 0.29) is 11.6 Å². The Morgan fingerprint density at radius 1 is 1.19 bits per heavy atom. The fraction of sp³-hybridized carbons (Fsp3) is 0.368. The molecule has 1 aliphatic rings. The molecule has 1 unspecified atom stereocenters. The van der Waals surface area contributed by atoms with Gasteiger partial charge in [0.05, 0.1) is 6.04 Å². The minimum Gasteiger partial charge on any atom is -0.368 e. The maximum absolute atomic E-state index is 13.9. The molecule has 1 N–H and O–H groups in total. The van der Waals surface area contributed by atoms with Gasteiger partial charge in [0.15, 0.2) is 0 Å². The lowest BCUT2D eigenvalue weighted by molar-refractivity contribution is 0.191. The van der Waals surface area contributed by atoms with Crippen LogP contribution in [-0.2, 0) is 0 Å². The van der Waals surface area contributed by atoms with E-state index in [2.05, 4.69) is 15.2 Å². The second-order valence-electron chi connectivity index (χ2n) is 6.47. The molecule has 1 aromatic heterocycles. The largest absolute Gasteiger partial charge is 0.368 e. The first-order valence-corrected chi connectivity index (χ1v) is 8.61. The monoisotopic (exact) mass is 360 g/mol. The molecule has 2 aromatic rings. The highest BCUT2D eigenvalue weighted by molar-refractivity contribution is 5.75. The molecule has 0 spiro atoms. The van der Waals surface area contributed by atoms with Crippen molar-refractivity contribution in [3.05, 3.63) is 59.4 Å². The minimum atomic E-state index is -0.657. The summed E-state index contributed by atoms with van der Waals surface area (Å²) in [5.74, 6) is -1.29. The van der Waals surface area contributed by atoms with Crippen LogP contribution in [0, 0.1) is 18.6 Å². The summed E-state index contributed by atoms with van der Waals surface area (Å²) in [6, 6.07) is 4.57. The molecule has 0 saturated carbocycles. The zero-order chi connectivity index (χ0) is 18.7. The second-order valence-corrected chi connectivity index (χ2v) is 6.47. The van der Waals surface area contributed by atoms with Gasteiger partial charge in [-0.2, -0.15) is 0 Å². The molecule has 0 bridgehead atoms. The first-order valence-electron chi connectivity index (χ1n) is 8.61. The van der Waals surface area contributed by atoms with E-state index in [4.69, 9.17) is 0 Å². The van der Waals surface area contributed by atoms with Crippen LogP contribution >= 0.6 is 0 Å². The Morgan fingerprint density at radius 2 is 1.92 bits per heavy atom. The number of nitrogens with zero attached hydrogens (tertiary/aromatic N) is 3. The van der Waals surface area contributed by atoms with Crippen LogP contribution in [0.5, 0.6) is 0 Å². The maximum Gasteiger partial charge on any atom is 0.317 e. The van der Waals surface area contributed by atoms with Crippen molar-refractivity contribution in [1.29, 1.82) is 0 Å². The quantitative estimate of drug-likeness (QED) is 0.914. The molecular weight excluding hydrogens is 338 g/mol. The molecule has 1 saturated heterocycles. The average molecular weight is 360 g/mol. The number of carbonyl (C=O) groups excluding carboxylic acids is 1. The van der Waals surface area contributed by atoms with Gasteiger partial charge < -0.3 is 15.1 Å². The fourth-order valence-electron chi connectivity index (χ4n) is 3.18. The molecule has 1 atom stereocenters. The molecule has 1 aliphatic heterocycles. The standard InChI is InChI=1S/C19H22F2N4O/c1-13-12-22-6-5-18(13)24-7-9-25(10-8-24)19(26)23-14(2)16-4-3-15(20)11-17(16)21/h3-6,11-12,14H,7-10H2,1-2H3,(H,23,26). The number of anilines is 1. The summed E-state index contributed by atoms with van der Waals surface area (Å²) in [4.78, 5) is 20.5. The number of pyridine rings is 1. The number of hydrogen-bond acceptors (Lipinski definition) is 3. The van der Waals surface area contributed by atoms with Gasteiger partial charge in [-0.3, -0.25) is 4.98 Å². The lowest BCUT2D eigenvalue weighted by Gasteiger charge is -2.37. The maximum atomic E-state index is 13.9. The first-order chi connectivity index (χ1) is 12.5. The van der Waals surface area contributed by atoms with Crippen LogP contribution in [0.4, 0.5) is 19.3 Å². The number of piperazine rings is 1. The van der Waals surface area contributed by atoms with Gasteiger partial charge in [0.2, 0.25) is 0 Å². The van der Waals surface area contributed by atoms with Gasteiger partial charge in [-0.25, -0.2) is 13.6 Å². The van der Waals surface area contributed by atoms with Crippen molar-refractivity contribution >= 4 is 11.7 Å². The second kappa shape index (κ2) is 7.68. The number of benzene rings is 1. The summed E-state index contributed by atoms with van der Waals surface area (Å²) in [5, 5.41) is 2.79. The van der Waals surface area contributed by atoms with Crippen molar-refractivity contribution in [3.8, 4) is 0 Å². The van der Waals surface area contributed by atoms with E-state index in [9.17, 15) is 13.6 Å². The highest BCUT2D eigenvalue weighted by Crippen LogP contribution is 2.21. The first kappa shape index (κ1) is 18.1. The normalized spacial score (nSPS) is 15.7. The number of halogens is 2. The third kappa shape index (κ3) is 3.92.